The molecular weight excluding hydrogens is 392 g/mol. The first-order valence-corrected chi connectivity index (χ1v) is 10.1. The Balaban J connectivity index is 1.34. The molecular formula is C21H21F2N5O2. The van der Waals surface area contributed by atoms with Crippen LogP contribution in [-0.4, -0.2) is 41.5 Å². The Morgan fingerprint density at radius 1 is 1.27 bits per heavy atom. The summed E-state index contributed by atoms with van der Waals surface area (Å²) in [7, 11) is 0. The van der Waals surface area contributed by atoms with Crippen LogP contribution in [0.25, 0.3) is 11.0 Å². The summed E-state index contributed by atoms with van der Waals surface area (Å²) in [5.74, 6) is -3.48. The van der Waals surface area contributed by atoms with Gasteiger partial charge in [-0.1, -0.05) is 0 Å². The van der Waals surface area contributed by atoms with Crippen LogP contribution >= 0.6 is 0 Å². The van der Waals surface area contributed by atoms with E-state index in [0.29, 0.717) is 42.7 Å². The third-order valence-electron chi connectivity index (χ3n) is 6.55. The van der Waals surface area contributed by atoms with E-state index < -0.39 is 23.7 Å². The maximum atomic E-state index is 13.6. The van der Waals surface area contributed by atoms with Gasteiger partial charge in [-0.25, -0.2) is 33.5 Å². The third-order valence-corrected chi connectivity index (χ3v) is 6.55. The summed E-state index contributed by atoms with van der Waals surface area (Å²) in [4.78, 5) is 28.7. The van der Waals surface area contributed by atoms with E-state index in [2.05, 4.69) is 19.9 Å². The molecule has 7 nitrogen and oxygen atoms in total. The number of halogens is 2. The van der Waals surface area contributed by atoms with Gasteiger partial charge >= 0.3 is 5.97 Å². The molecule has 0 saturated heterocycles. The van der Waals surface area contributed by atoms with Gasteiger partial charge in [-0.3, -0.25) is 0 Å². The SMILES string of the molecule is Cc1nc(CC2CCC3C(C2)C3(F)F)ncc1Cn1cc(C(=O)O)c2cncnc21. The van der Waals surface area contributed by atoms with Crippen molar-refractivity contribution in [1.82, 2.24) is 24.5 Å². The Kier molecular flexibility index (Phi) is 4.30. The molecule has 0 amide bonds. The molecule has 2 aliphatic carbocycles. The summed E-state index contributed by atoms with van der Waals surface area (Å²) in [5.41, 5.74) is 2.32. The zero-order chi connectivity index (χ0) is 21.0. The predicted octanol–water partition coefficient (Wildman–Crippen LogP) is 3.50. The van der Waals surface area contributed by atoms with Crippen LogP contribution < -0.4 is 0 Å². The van der Waals surface area contributed by atoms with Gasteiger partial charge < -0.3 is 9.67 Å². The molecule has 3 aromatic heterocycles. The molecule has 9 heteroatoms. The van der Waals surface area contributed by atoms with Gasteiger partial charge in [0.15, 0.2) is 0 Å². The van der Waals surface area contributed by atoms with Crippen LogP contribution in [0.5, 0.6) is 0 Å². The highest BCUT2D eigenvalue weighted by Crippen LogP contribution is 2.63. The largest absolute Gasteiger partial charge is 0.478 e. The van der Waals surface area contributed by atoms with Crippen LogP contribution in [0.4, 0.5) is 8.78 Å². The van der Waals surface area contributed by atoms with Gasteiger partial charge in [-0.05, 0) is 32.1 Å². The van der Waals surface area contributed by atoms with Crippen molar-refractivity contribution in [2.75, 3.05) is 0 Å². The minimum Gasteiger partial charge on any atom is -0.478 e. The molecule has 2 saturated carbocycles. The lowest BCUT2D eigenvalue weighted by atomic mass is 9.87. The Morgan fingerprint density at radius 2 is 2.10 bits per heavy atom. The molecule has 3 aromatic rings. The number of carbonyl (C=O) groups is 1. The van der Waals surface area contributed by atoms with Crippen LogP contribution in [0.15, 0.2) is 24.9 Å². The number of carboxylic acid groups (broad SMARTS) is 1. The first-order chi connectivity index (χ1) is 14.3. The second kappa shape index (κ2) is 6.78. The van der Waals surface area contributed by atoms with Crippen molar-refractivity contribution in [3.63, 3.8) is 0 Å². The third kappa shape index (κ3) is 3.12. The fraction of sp³-hybridized carbons (Fsp3) is 0.476. The lowest BCUT2D eigenvalue weighted by Crippen LogP contribution is -2.14. The van der Waals surface area contributed by atoms with Gasteiger partial charge in [-0.15, -0.1) is 0 Å². The van der Waals surface area contributed by atoms with E-state index >= 15 is 0 Å². The zero-order valence-corrected chi connectivity index (χ0v) is 16.4. The van der Waals surface area contributed by atoms with Crippen molar-refractivity contribution >= 4 is 17.0 Å². The maximum absolute atomic E-state index is 13.6. The van der Waals surface area contributed by atoms with Crippen LogP contribution in [-0.2, 0) is 13.0 Å². The summed E-state index contributed by atoms with van der Waals surface area (Å²) in [6.07, 6.45) is 8.72. The molecule has 3 heterocycles. The normalized spacial score (nSPS) is 24.6. The monoisotopic (exact) mass is 413 g/mol. The Hall–Kier alpha value is -2.97. The van der Waals surface area contributed by atoms with Crippen LogP contribution in [0, 0.1) is 24.7 Å². The molecule has 2 aliphatic rings. The first kappa shape index (κ1) is 19.0. The van der Waals surface area contributed by atoms with Crippen LogP contribution in [0.3, 0.4) is 0 Å². The van der Waals surface area contributed by atoms with E-state index in [1.807, 2.05) is 6.92 Å². The van der Waals surface area contributed by atoms with Gasteiger partial charge in [0, 0.05) is 48.1 Å². The van der Waals surface area contributed by atoms with Gasteiger partial charge in [0.05, 0.1) is 17.5 Å². The number of nitrogens with zero attached hydrogens (tertiary/aromatic N) is 5. The smallest absolute Gasteiger partial charge is 0.337 e. The number of aryl methyl sites for hydroxylation is 1. The Morgan fingerprint density at radius 3 is 2.83 bits per heavy atom. The number of rotatable bonds is 5. The highest BCUT2D eigenvalue weighted by molar-refractivity contribution is 6.02. The molecule has 5 rings (SSSR count). The molecule has 0 radical (unpaired) electrons. The van der Waals surface area contributed by atoms with Crippen molar-refractivity contribution in [1.29, 1.82) is 0 Å². The summed E-state index contributed by atoms with van der Waals surface area (Å²) in [6.45, 7) is 2.26. The number of hydrogen-bond donors (Lipinski definition) is 1. The van der Waals surface area contributed by atoms with Crippen molar-refractivity contribution in [3.05, 3.63) is 47.6 Å². The van der Waals surface area contributed by atoms with Crippen LogP contribution in [0.1, 0.15) is 46.7 Å². The highest BCUT2D eigenvalue weighted by atomic mass is 19.3. The molecule has 156 valence electrons. The quantitative estimate of drug-likeness (QED) is 0.688. The van der Waals surface area contributed by atoms with Gasteiger partial charge in [0.1, 0.15) is 17.8 Å². The number of aromatic nitrogens is 5. The van der Waals surface area contributed by atoms with E-state index in [-0.39, 0.29) is 11.5 Å². The molecule has 30 heavy (non-hydrogen) atoms. The second-order valence-corrected chi connectivity index (χ2v) is 8.40. The molecule has 0 aromatic carbocycles. The van der Waals surface area contributed by atoms with E-state index in [4.69, 9.17) is 0 Å². The molecule has 0 spiro atoms. The predicted molar refractivity (Wildman–Crippen MR) is 103 cm³/mol. The summed E-state index contributed by atoms with van der Waals surface area (Å²) in [5, 5.41) is 9.90. The lowest BCUT2D eigenvalue weighted by molar-refractivity contribution is 0.0698. The standard InChI is InChI=1S/C21H21F2N5O2/c1-11-13(8-28-9-15(20(29)30)14-7-24-10-26-19(14)28)6-25-18(27-11)5-12-2-3-16-17(4-12)21(16,22)23/h6-7,9-10,12,16-17H,2-5,8H2,1H3,(H,29,30). The maximum Gasteiger partial charge on any atom is 0.337 e. The number of fused-ring (bicyclic) bond motifs is 2. The molecule has 3 atom stereocenters. The van der Waals surface area contributed by atoms with Crippen molar-refractivity contribution in [3.8, 4) is 0 Å². The molecule has 3 unspecified atom stereocenters. The summed E-state index contributed by atoms with van der Waals surface area (Å²) >= 11 is 0. The van der Waals surface area contributed by atoms with Crippen molar-refractivity contribution < 1.29 is 18.7 Å². The zero-order valence-electron chi connectivity index (χ0n) is 16.4. The van der Waals surface area contributed by atoms with E-state index in [9.17, 15) is 18.7 Å². The molecule has 0 bridgehead atoms. The number of aromatic carboxylic acids is 1. The second-order valence-electron chi connectivity index (χ2n) is 8.40. The topological polar surface area (TPSA) is 93.8 Å². The van der Waals surface area contributed by atoms with Gasteiger partial charge in [0.25, 0.3) is 5.92 Å². The number of hydrogen-bond acceptors (Lipinski definition) is 5. The molecule has 1 N–H and O–H groups in total. The van der Waals surface area contributed by atoms with E-state index in [1.54, 1.807) is 17.0 Å². The van der Waals surface area contributed by atoms with Crippen LogP contribution in [0.2, 0.25) is 0 Å². The molecule has 0 aliphatic heterocycles. The average Bonchev–Trinajstić information content (AvgIpc) is 3.07. The fourth-order valence-corrected chi connectivity index (χ4v) is 4.81. The van der Waals surface area contributed by atoms with E-state index in [0.717, 1.165) is 17.7 Å². The Bertz CT molecular complexity index is 1150. The van der Waals surface area contributed by atoms with Crippen molar-refractivity contribution in [2.45, 2.75) is 45.1 Å². The van der Waals surface area contributed by atoms with E-state index in [1.165, 1.54) is 12.5 Å². The number of carboxylic acids is 1. The first-order valence-electron chi connectivity index (χ1n) is 10.1. The van der Waals surface area contributed by atoms with Crippen molar-refractivity contribution in [2.24, 2.45) is 17.8 Å². The fourth-order valence-electron chi connectivity index (χ4n) is 4.81. The lowest BCUT2D eigenvalue weighted by Gasteiger charge is -2.19. The Labute approximate surface area is 171 Å². The minimum atomic E-state index is -2.47. The molecule has 2 fully saturated rings. The summed E-state index contributed by atoms with van der Waals surface area (Å²) < 4.78 is 29.0. The average molecular weight is 413 g/mol. The minimum absolute atomic E-state index is 0.147. The number of alkyl halides is 2. The van der Waals surface area contributed by atoms with Gasteiger partial charge in [-0.2, -0.15) is 0 Å². The highest BCUT2D eigenvalue weighted by Gasteiger charge is 2.68. The van der Waals surface area contributed by atoms with Gasteiger partial charge in [0.2, 0.25) is 0 Å². The summed E-state index contributed by atoms with van der Waals surface area (Å²) in [6, 6.07) is 0.